The van der Waals surface area contributed by atoms with Crippen molar-refractivity contribution in [2.45, 2.75) is 19.0 Å². The molecule has 0 aliphatic carbocycles. The van der Waals surface area contributed by atoms with Crippen molar-refractivity contribution in [3.8, 4) is 0 Å². The Hall–Kier alpha value is -1.33. The molecule has 1 atom stereocenters. The van der Waals surface area contributed by atoms with Gasteiger partial charge in [0.1, 0.15) is 0 Å². The first kappa shape index (κ1) is 14.1. The number of aliphatic hydroxyl groups is 1. The summed E-state index contributed by atoms with van der Waals surface area (Å²) in [6.45, 7) is 0. The maximum Gasteiger partial charge on any atom is 0.263 e. The standard InChI is InChI=1S/C14H12BrF2NO/c15-11-5-6-12(18-8-11)13(19)7-9-1-3-10(4-2-9)14(16)17/h1-6,8,13-14,19H,7H2. The molecular formula is C14H12BrF2NO. The number of benzene rings is 1. The molecule has 1 N–H and O–H groups in total. The van der Waals surface area contributed by atoms with Crippen LogP contribution in [0.1, 0.15) is 29.4 Å². The van der Waals surface area contributed by atoms with Gasteiger partial charge in [-0.15, -0.1) is 0 Å². The summed E-state index contributed by atoms with van der Waals surface area (Å²) in [5.41, 5.74) is 1.34. The lowest BCUT2D eigenvalue weighted by atomic mass is 10.0. The molecule has 0 spiro atoms. The van der Waals surface area contributed by atoms with Gasteiger partial charge in [0.25, 0.3) is 6.43 Å². The average Bonchev–Trinajstić information content (AvgIpc) is 2.40. The molecule has 0 radical (unpaired) electrons. The third-order valence-electron chi connectivity index (χ3n) is 2.75. The monoisotopic (exact) mass is 327 g/mol. The highest BCUT2D eigenvalue weighted by Gasteiger charge is 2.11. The van der Waals surface area contributed by atoms with Crippen molar-refractivity contribution in [1.82, 2.24) is 4.98 Å². The number of aliphatic hydroxyl groups excluding tert-OH is 1. The van der Waals surface area contributed by atoms with Gasteiger partial charge in [-0.1, -0.05) is 24.3 Å². The Kier molecular flexibility index (Phi) is 4.61. The van der Waals surface area contributed by atoms with Crippen molar-refractivity contribution < 1.29 is 13.9 Å². The number of halogens is 3. The molecule has 0 amide bonds. The van der Waals surface area contributed by atoms with Gasteiger partial charge in [-0.05, 0) is 33.6 Å². The Bertz CT molecular complexity index is 528. The van der Waals surface area contributed by atoms with E-state index in [1.165, 1.54) is 12.1 Å². The normalized spacial score (nSPS) is 12.7. The summed E-state index contributed by atoms with van der Waals surface area (Å²) in [6, 6.07) is 9.48. The Balaban J connectivity index is 2.06. The van der Waals surface area contributed by atoms with Crippen LogP contribution in [0.2, 0.25) is 0 Å². The summed E-state index contributed by atoms with van der Waals surface area (Å²) < 4.78 is 25.6. The Morgan fingerprint density at radius 3 is 2.32 bits per heavy atom. The molecule has 5 heteroatoms. The van der Waals surface area contributed by atoms with E-state index in [4.69, 9.17) is 0 Å². The Morgan fingerprint density at radius 1 is 1.11 bits per heavy atom. The van der Waals surface area contributed by atoms with E-state index in [9.17, 15) is 13.9 Å². The molecule has 2 aromatic rings. The van der Waals surface area contributed by atoms with Gasteiger partial charge in [0.2, 0.25) is 0 Å². The van der Waals surface area contributed by atoms with Crippen LogP contribution < -0.4 is 0 Å². The zero-order valence-electron chi connectivity index (χ0n) is 9.93. The van der Waals surface area contributed by atoms with Crippen LogP contribution in [0.25, 0.3) is 0 Å². The predicted molar refractivity (Wildman–Crippen MR) is 72.0 cm³/mol. The van der Waals surface area contributed by atoms with E-state index in [1.54, 1.807) is 30.5 Å². The lowest BCUT2D eigenvalue weighted by Crippen LogP contribution is -2.04. The maximum absolute atomic E-state index is 12.4. The molecule has 1 heterocycles. The fraction of sp³-hybridized carbons (Fsp3) is 0.214. The lowest BCUT2D eigenvalue weighted by Gasteiger charge is -2.10. The molecule has 0 saturated carbocycles. The number of rotatable bonds is 4. The number of pyridine rings is 1. The molecule has 19 heavy (non-hydrogen) atoms. The zero-order chi connectivity index (χ0) is 13.8. The molecule has 0 fully saturated rings. The molecule has 1 aromatic heterocycles. The quantitative estimate of drug-likeness (QED) is 0.918. The third kappa shape index (κ3) is 3.81. The van der Waals surface area contributed by atoms with Crippen LogP contribution in [-0.2, 0) is 6.42 Å². The van der Waals surface area contributed by atoms with Crippen LogP contribution in [0.15, 0.2) is 47.1 Å². The average molecular weight is 328 g/mol. The second kappa shape index (κ2) is 6.21. The first-order chi connectivity index (χ1) is 9.06. The Labute approximate surface area is 118 Å². The first-order valence-corrected chi connectivity index (χ1v) is 6.52. The van der Waals surface area contributed by atoms with E-state index in [0.717, 1.165) is 10.0 Å². The lowest BCUT2D eigenvalue weighted by molar-refractivity contribution is 0.151. The summed E-state index contributed by atoms with van der Waals surface area (Å²) in [5, 5.41) is 10.0. The van der Waals surface area contributed by atoms with Crippen LogP contribution >= 0.6 is 15.9 Å². The van der Waals surface area contributed by atoms with Crippen molar-refractivity contribution in [1.29, 1.82) is 0 Å². The van der Waals surface area contributed by atoms with E-state index in [2.05, 4.69) is 20.9 Å². The van der Waals surface area contributed by atoms with Crippen LogP contribution in [0.3, 0.4) is 0 Å². The van der Waals surface area contributed by atoms with E-state index < -0.39 is 12.5 Å². The number of alkyl halides is 2. The van der Waals surface area contributed by atoms with Crippen LogP contribution in [-0.4, -0.2) is 10.1 Å². The molecule has 100 valence electrons. The van der Waals surface area contributed by atoms with Gasteiger partial charge in [-0.25, -0.2) is 8.78 Å². The molecule has 1 unspecified atom stereocenters. The molecule has 0 saturated heterocycles. The van der Waals surface area contributed by atoms with E-state index in [0.29, 0.717) is 12.1 Å². The van der Waals surface area contributed by atoms with Crippen molar-refractivity contribution in [3.63, 3.8) is 0 Å². The molecule has 2 rings (SSSR count). The minimum Gasteiger partial charge on any atom is -0.386 e. The van der Waals surface area contributed by atoms with Crippen LogP contribution in [0.5, 0.6) is 0 Å². The molecule has 1 aromatic carbocycles. The highest BCUT2D eigenvalue weighted by atomic mass is 79.9. The van der Waals surface area contributed by atoms with Crippen molar-refractivity contribution in [3.05, 3.63) is 63.9 Å². The predicted octanol–water partition coefficient (Wildman–Crippen LogP) is 4.06. The molecular weight excluding hydrogens is 316 g/mol. The second-order valence-corrected chi connectivity index (χ2v) is 5.08. The number of aromatic nitrogens is 1. The summed E-state index contributed by atoms with van der Waals surface area (Å²) in [4.78, 5) is 4.10. The van der Waals surface area contributed by atoms with Gasteiger partial charge in [0, 0.05) is 22.7 Å². The molecule has 2 nitrogen and oxygen atoms in total. The number of hydrogen-bond donors (Lipinski definition) is 1. The SMILES string of the molecule is OC(Cc1ccc(C(F)F)cc1)c1ccc(Br)cn1. The van der Waals surface area contributed by atoms with Crippen LogP contribution in [0.4, 0.5) is 8.78 Å². The first-order valence-electron chi connectivity index (χ1n) is 5.73. The van der Waals surface area contributed by atoms with Gasteiger partial charge in [-0.3, -0.25) is 4.98 Å². The van der Waals surface area contributed by atoms with Gasteiger partial charge < -0.3 is 5.11 Å². The molecule has 0 aliphatic heterocycles. The fourth-order valence-corrected chi connectivity index (χ4v) is 1.95. The fourth-order valence-electron chi connectivity index (χ4n) is 1.71. The minimum atomic E-state index is -2.47. The third-order valence-corrected chi connectivity index (χ3v) is 3.22. The smallest absolute Gasteiger partial charge is 0.263 e. The molecule has 0 aliphatic rings. The summed E-state index contributed by atoms with van der Waals surface area (Å²) in [5.74, 6) is 0. The van der Waals surface area contributed by atoms with Crippen molar-refractivity contribution in [2.75, 3.05) is 0 Å². The highest BCUT2D eigenvalue weighted by molar-refractivity contribution is 9.10. The van der Waals surface area contributed by atoms with E-state index in [1.807, 2.05) is 0 Å². The summed E-state index contributed by atoms with van der Waals surface area (Å²) in [7, 11) is 0. The minimum absolute atomic E-state index is 0.0139. The summed E-state index contributed by atoms with van der Waals surface area (Å²) in [6.07, 6.45) is -1.26. The number of nitrogens with zero attached hydrogens (tertiary/aromatic N) is 1. The van der Waals surface area contributed by atoms with E-state index in [-0.39, 0.29) is 5.56 Å². The summed E-state index contributed by atoms with van der Waals surface area (Å²) >= 11 is 3.27. The van der Waals surface area contributed by atoms with E-state index >= 15 is 0 Å². The van der Waals surface area contributed by atoms with Gasteiger partial charge in [0.15, 0.2) is 0 Å². The Morgan fingerprint density at radius 2 is 1.79 bits per heavy atom. The van der Waals surface area contributed by atoms with Crippen molar-refractivity contribution >= 4 is 15.9 Å². The second-order valence-electron chi connectivity index (χ2n) is 4.16. The largest absolute Gasteiger partial charge is 0.386 e. The maximum atomic E-state index is 12.4. The molecule has 0 bridgehead atoms. The zero-order valence-corrected chi connectivity index (χ0v) is 11.5. The highest BCUT2D eigenvalue weighted by Crippen LogP contribution is 2.22. The van der Waals surface area contributed by atoms with Gasteiger partial charge in [-0.2, -0.15) is 0 Å². The van der Waals surface area contributed by atoms with Crippen molar-refractivity contribution in [2.24, 2.45) is 0 Å². The topological polar surface area (TPSA) is 33.1 Å². The van der Waals surface area contributed by atoms with Gasteiger partial charge >= 0.3 is 0 Å². The number of hydrogen-bond acceptors (Lipinski definition) is 2. The van der Waals surface area contributed by atoms with Crippen LogP contribution in [0, 0.1) is 0 Å². The van der Waals surface area contributed by atoms with Gasteiger partial charge in [0.05, 0.1) is 11.8 Å².